The van der Waals surface area contributed by atoms with Crippen LogP contribution in [0.4, 0.5) is 0 Å². The molecule has 1 fully saturated rings. The number of ketones is 1. The van der Waals surface area contributed by atoms with Crippen LogP contribution in [-0.2, 0) is 20.9 Å². The molecule has 2 aliphatic heterocycles. The van der Waals surface area contributed by atoms with Gasteiger partial charge in [-0.05, 0) is 48.1 Å². The Kier molecular flexibility index (Phi) is 5.27. The summed E-state index contributed by atoms with van der Waals surface area (Å²) in [5.41, 5.74) is 2.15. The molecule has 7 heteroatoms. The van der Waals surface area contributed by atoms with Gasteiger partial charge in [0.05, 0.1) is 17.5 Å². The van der Waals surface area contributed by atoms with Crippen LogP contribution in [0.25, 0.3) is 0 Å². The molecule has 2 aromatic rings. The van der Waals surface area contributed by atoms with Crippen LogP contribution in [-0.4, -0.2) is 33.1 Å². The number of pyridine rings is 1. The van der Waals surface area contributed by atoms with E-state index < -0.39 is 6.04 Å². The van der Waals surface area contributed by atoms with Crippen LogP contribution >= 0.6 is 23.2 Å². The first-order valence-electron chi connectivity index (χ1n) is 10.5. The van der Waals surface area contributed by atoms with E-state index in [4.69, 9.17) is 27.9 Å². The summed E-state index contributed by atoms with van der Waals surface area (Å²) < 4.78 is 6.23. The second kappa shape index (κ2) is 7.95. The first-order valence-corrected chi connectivity index (χ1v) is 11.3. The van der Waals surface area contributed by atoms with Crippen LogP contribution < -0.4 is 0 Å². The van der Waals surface area contributed by atoms with Crippen molar-refractivity contribution in [1.82, 2.24) is 9.88 Å². The number of benzene rings is 1. The van der Waals surface area contributed by atoms with E-state index in [-0.39, 0.29) is 40.8 Å². The number of aromatic nitrogens is 1. The number of carbonyl (C=O) groups is 2. The van der Waals surface area contributed by atoms with E-state index in [0.717, 1.165) is 11.1 Å². The smallest absolute Gasteiger partial charge is 0.290 e. The van der Waals surface area contributed by atoms with Crippen molar-refractivity contribution in [1.29, 1.82) is 0 Å². The second-order valence-electron chi connectivity index (χ2n) is 8.58. The van der Waals surface area contributed by atoms with Crippen LogP contribution in [0, 0.1) is 11.8 Å². The highest BCUT2D eigenvalue weighted by Crippen LogP contribution is 2.48. The van der Waals surface area contributed by atoms with E-state index in [2.05, 4.69) is 11.9 Å². The van der Waals surface area contributed by atoms with Crippen LogP contribution in [0.3, 0.4) is 0 Å². The summed E-state index contributed by atoms with van der Waals surface area (Å²) in [5, 5.41) is 0.521. The zero-order chi connectivity index (χ0) is 21.7. The number of ether oxygens (including phenoxy) is 1. The number of hydrogen-bond acceptors (Lipinski definition) is 4. The minimum absolute atomic E-state index is 0.0224. The van der Waals surface area contributed by atoms with Crippen molar-refractivity contribution in [3.63, 3.8) is 0 Å². The predicted octanol–water partition coefficient (Wildman–Crippen LogP) is 4.69. The number of fused-ring (bicyclic) bond motifs is 1. The highest BCUT2D eigenvalue weighted by atomic mass is 35.5. The van der Waals surface area contributed by atoms with Gasteiger partial charge in [-0.15, -0.1) is 11.6 Å². The Hall–Kier alpha value is -2.37. The van der Waals surface area contributed by atoms with Gasteiger partial charge in [-0.3, -0.25) is 14.6 Å². The van der Waals surface area contributed by atoms with Crippen LogP contribution in [0.5, 0.6) is 0 Å². The Balaban J connectivity index is 1.57. The SMILES string of the molecule is CC1CC2OC3=C(C(=O)C2CC1Cl)C(c1ccc(Cl)cc1)N(Cc1cccnc1)C3=O. The van der Waals surface area contributed by atoms with Gasteiger partial charge in [-0.2, -0.15) is 0 Å². The predicted molar refractivity (Wildman–Crippen MR) is 117 cm³/mol. The third-order valence-corrected chi connectivity index (χ3v) is 7.43. The molecule has 160 valence electrons. The lowest BCUT2D eigenvalue weighted by molar-refractivity contribution is -0.136. The second-order valence-corrected chi connectivity index (χ2v) is 9.58. The molecule has 5 atom stereocenters. The summed E-state index contributed by atoms with van der Waals surface area (Å²) >= 11 is 12.6. The molecular formula is C24H22Cl2N2O3. The van der Waals surface area contributed by atoms with Gasteiger partial charge in [0, 0.05) is 29.3 Å². The van der Waals surface area contributed by atoms with Gasteiger partial charge in [-0.25, -0.2) is 0 Å². The molecule has 1 aromatic heterocycles. The average Bonchev–Trinajstić information content (AvgIpc) is 3.03. The number of rotatable bonds is 3. The van der Waals surface area contributed by atoms with Crippen LogP contribution in [0.15, 0.2) is 60.1 Å². The maximum absolute atomic E-state index is 13.7. The molecule has 5 unspecified atom stereocenters. The van der Waals surface area contributed by atoms with Crippen molar-refractivity contribution in [2.45, 2.75) is 43.8 Å². The van der Waals surface area contributed by atoms with Crippen molar-refractivity contribution in [3.8, 4) is 0 Å². The highest BCUT2D eigenvalue weighted by Gasteiger charge is 2.53. The quantitative estimate of drug-likeness (QED) is 0.628. The Bertz CT molecular complexity index is 1050. The molecule has 1 aliphatic carbocycles. The van der Waals surface area contributed by atoms with Gasteiger partial charge in [0.25, 0.3) is 5.91 Å². The fourth-order valence-corrected chi connectivity index (χ4v) is 5.33. The Morgan fingerprint density at radius 1 is 1.16 bits per heavy atom. The molecule has 0 N–H and O–H groups in total. The fraction of sp³-hybridized carbons (Fsp3) is 0.375. The van der Waals surface area contributed by atoms with E-state index in [1.54, 1.807) is 29.4 Å². The molecule has 1 amide bonds. The van der Waals surface area contributed by atoms with Gasteiger partial charge in [0.2, 0.25) is 0 Å². The number of nitrogens with zero attached hydrogens (tertiary/aromatic N) is 2. The largest absolute Gasteiger partial charge is 0.483 e. The summed E-state index contributed by atoms with van der Waals surface area (Å²) in [6, 6.07) is 10.5. The molecule has 0 bridgehead atoms. The number of amides is 1. The van der Waals surface area contributed by atoms with E-state index in [0.29, 0.717) is 30.0 Å². The molecule has 1 saturated carbocycles. The fourth-order valence-electron chi connectivity index (χ4n) is 4.91. The Morgan fingerprint density at radius 3 is 2.65 bits per heavy atom. The number of Topliss-reactive ketones (excluding diaryl/α,β-unsaturated/α-hetero) is 1. The molecule has 0 saturated heterocycles. The van der Waals surface area contributed by atoms with Crippen molar-refractivity contribution in [2.75, 3.05) is 0 Å². The molecular weight excluding hydrogens is 435 g/mol. The molecule has 31 heavy (non-hydrogen) atoms. The van der Waals surface area contributed by atoms with E-state index >= 15 is 0 Å². The lowest BCUT2D eigenvalue weighted by atomic mass is 9.74. The normalized spacial score (nSPS) is 30.2. The summed E-state index contributed by atoms with van der Waals surface area (Å²) in [6.45, 7) is 2.39. The zero-order valence-corrected chi connectivity index (χ0v) is 18.5. The van der Waals surface area contributed by atoms with Crippen LogP contribution in [0.2, 0.25) is 5.02 Å². The molecule has 3 heterocycles. The van der Waals surface area contributed by atoms with Crippen molar-refractivity contribution < 1.29 is 14.3 Å². The maximum Gasteiger partial charge on any atom is 0.290 e. The summed E-state index contributed by atoms with van der Waals surface area (Å²) in [4.78, 5) is 33.0. The third kappa shape index (κ3) is 3.54. The molecule has 5 rings (SSSR count). The number of carbonyl (C=O) groups excluding carboxylic acids is 2. The van der Waals surface area contributed by atoms with Gasteiger partial charge in [-0.1, -0.05) is 36.7 Å². The average molecular weight is 457 g/mol. The molecule has 1 aromatic carbocycles. The number of alkyl halides is 1. The summed E-state index contributed by atoms with van der Waals surface area (Å²) in [5.74, 6) is -0.182. The summed E-state index contributed by atoms with van der Waals surface area (Å²) in [7, 11) is 0. The van der Waals surface area contributed by atoms with Gasteiger partial charge in [0.15, 0.2) is 11.5 Å². The first kappa shape index (κ1) is 20.5. The monoisotopic (exact) mass is 456 g/mol. The van der Waals surface area contributed by atoms with Crippen molar-refractivity contribution in [2.24, 2.45) is 11.8 Å². The standard InChI is InChI=1S/C24H22Cl2N2O3/c1-13-9-19-17(10-18(13)26)22(29)20-21(15-4-6-16(25)7-5-15)28(24(30)23(20)31-19)12-14-3-2-8-27-11-14/h2-8,11,13,17-19,21H,9-10,12H2,1H3. The maximum atomic E-state index is 13.7. The lowest BCUT2D eigenvalue weighted by Crippen LogP contribution is -2.44. The molecule has 3 aliphatic rings. The van der Waals surface area contributed by atoms with E-state index in [1.165, 1.54) is 0 Å². The third-order valence-electron chi connectivity index (χ3n) is 6.57. The molecule has 0 spiro atoms. The first-order chi connectivity index (χ1) is 14.9. The Labute approximate surface area is 191 Å². The van der Waals surface area contributed by atoms with Gasteiger partial charge in [0.1, 0.15) is 6.10 Å². The lowest BCUT2D eigenvalue weighted by Gasteiger charge is -2.40. The Morgan fingerprint density at radius 2 is 1.94 bits per heavy atom. The van der Waals surface area contributed by atoms with E-state index in [1.807, 2.05) is 24.3 Å². The molecule has 5 nitrogen and oxygen atoms in total. The van der Waals surface area contributed by atoms with Gasteiger partial charge >= 0.3 is 0 Å². The topological polar surface area (TPSA) is 59.5 Å². The van der Waals surface area contributed by atoms with Gasteiger partial charge < -0.3 is 9.64 Å². The summed E-state index contributed by atoms with van der Waals surface area (Å²) in [6.07, 6.45) is 4.35. The van der Waals surface area contributed by atoms with Crippen molar-refractivity contribution in [3.05, 3.63) is 76.3 Å². The minimum atomic E-state index is -0.526. The number of hydrogen-bond donors (Lipinski definition) is 0. The van der Waals surface area contributed by atoms with E-state index in [9.17, 15) is 9.59 Å². The highest BCUT2D eigenvalue weighted by molar-refractivity contribution is 6.30. The minimum Gasteiger partial charge on any atom is -0.483 e. The van der Waals surface area contributed by atoms with Crippen LogP contribution in [0.1, 0.15) is 36.9 Å². The van der Waals surface area contributed by atoms with Crippen molar-refractivity contribution >= 4 is 34.9 Å². The molecule has 0 radical (unpaired) electrons. The zero-order valence-electron chi connectivity index (χ0n) is 17.0. The number of halogens is 2.